The van der Waals surface area contributed by atoms with Crippen molar-refractivity contribution < 1.29 is 13.5 Å². The van der Waals surface area contributed by atoms with Crippen molar-refractivity contribution in [1.82, 2.24) is 29.5 Å². The normalized spacial score (nSPS) is 14.8. The molecule has 182 valence electrons. The Hall–Kier alpha value is -3.98. The van der Waals surface area contributed by atoms with Crippen LogP contribution >= 0.6 is 0 Å². The van der Waals surface area contributed by atoms with E-state index in [2.05, 4.69) is 15.1 Å². The Balaban J connectivity index is 1.60. The number of hydrogen-bond donors (Lipinski definition) is 0. The molecule has 1 aliphatic rings. The fraction of sp³-hybridized carbons (Fsp3) is 0.259. The second kappa shape index (κ2) is 8.30. The lowest BCUT2D eigenvalue weighted by Gasteiger charge is -2.31. The fourth-order valence-corrected chi connectivity index (χ4v) is 4.70. The molecule has 5 heterocycles. The summed E-state index contributed by atoms with van der Waals surface area (Å²) >= 11 is 0. The van der Waals surface area contributed by atoms with Gasteiger partial charge < -0.3 is 4.74 Å². The van der Waals surface area contributed by atoms with Gasteiger partial charge in [0.1, 0.15) is 11.5 Å². The SMILES string of the molecule is Cc1nc2c(cnn2Cc2ccccc2)c(-c2c(-c3ccc(F)cn3)nn3c2COC(C)(C)C3)c1F. The third-order valence-electron chi connectivity index (χ3n) is 6.47. The second-order valence-electron chi connectivity index (χ2n) is 9.65. The van der Waals surface area contributed by atoms with Gasteiger partial charge in [0.25, 0.3) is 0 Å². The van der Waals surface area contributed by atoms with E-state index in [1.165, 1.54) is 6.07 Å². The number of hydrogen-bond acceptors (Lipinski definition) is 5. The molecular formula is C27H24F2N6O. The zero-order valence-corrected chi connectivity index (χ0v) is 20.2. The lowest BCUT2D eigenvalue weighted by molar-refractivity contribution is -0.0657. The van der Waals surface area contributed by atoms with Gasteiger partial charge in [0, 0.05) is 16.5 Å². The van der Waals surface area contributed by atoms with Gasteiger partial charge in [-0.25, -0.2) is 18.4 Å². The number of pyridine rings is 2. The van der Waals surface area contributed by atoms with Gasteiger partial charge in [-0.2, -0.15) is 10.2 Å². The number of aryl methyl sites for hydroxylation is 1. The summed E-state index contributed by atoms with van der Waals surface area (Å²) in [7, 11) is 0. The summed E-state index contributed by atoms with van der Waals surface area (Å²) in [5, 5.41) is 9.94. The van der Waals surface area contributed by atoms with Gasteiger partial charge in [-0.15, -0.1) is 0 Å². The van der Waals surface area contributed by atoms with Gasteiger partial charge in [0.2, 0.25) is 0 Å². The van der Waals surface area contributed by atoms with E-state index >= 15 is 4.39 Å². The molecular weight excluding hydrogens is 462 g/mol. The highest BCUT2D eigenvalue weighted by Gasteiger charge is 2.34. The van der Waals surface area contributed by atoms with Crippen molar-refractivity contribution in [2.24, 2.45) is 0 Å². The predicted octanol–water partition coefficient (Wildman–Crippen LogP) is 5.30. The molecule has 0 saturated carbocycles. The summed E-state index contributed by atoms with van der Waals surface area (Å²) < 4.78 is 39.3. The maximum Gasteiger partial charge on any atom is 0.159 e. The zero-order valence-electron chi connectivity index (χ0n) is 20.2. The van der Waals surface area contributed by atoms with Crippen molar-refractivity contribution in [3.8, 4) is 22.5 Å². The first-order valence-electron chi connectivity index (χ1n) is 11.7. The Bertz CT molecular complexity index is 1590. The summed E-state index contributed by atoms with van der Waals surface area (Å²) in [5.74, 6) is -0.907. The largest absolute Gasteiger partial charge is 0.367 e. The monoisotopic (exact) mass is 486 g/mol. The molecule has 0 atom stereocenters. The van der Waals surface area contributed by atoms with E-state index in [1.54, 1.807) is 23.9 Å². The maximum atomic E-state index is 16.0. The van der Waals surface area contributed by atoms with E-state index in [0.717, 1.165) is 17.5 Å². The summed E-state index contributed by atoms with van der Waals surface area (Å²) in [4.78, 5) is 8.81. The van der Waals surface area contributed by atoms with Crippen molar-refractivity contribution in [3.05, 3.63) is 83.4 Å². The predicted molar refractivity (Wildman–Crippen MR) is 131 cm³/mol. The van der Waals surface area contributed by atoms with Crippen molar-refractivity contribution in [2.45, 2.75) is 46.1 Å². The molecule has 1 aliphatic heterocycles. The van der Waals surface area contributed by atoms with Crippen molar-refractivity contribution in [1.29, 1.82) is 0 Å². The minimum absolute atomic E-state index is 0.247. The molecule has 0 unspecified atom stereocenters. The lowest BCUT2D eigenvalue weighted by Crippen LogP contribution is -2.36. The third-order valence-corrected chi connectivity index (χ3v) is 6.47. The minimum Gasteiger partial charge on any atom is -0.367 e. The molecule has 36 heavy (non-hydrogen) atoms. The average molecular weight is 487 g/mol. The standard InChI is InChI=1S/C27H24F2N6O/c1-16-24(29)22(19-12-31-34(26(19)32-16)13-17-7-5-4-6-8-17)23-21-14-36-27(2,3)15-35(21)33-25(23)20-10-9-18(28)11-30-20/h4-12H,13-15H2,1-3H3. The van der Waals surface area contributed by atoms with Crippen molar-refractivity contribution in [3.63, 3.8) is 0 Å². The summed E-state index contributed by atoms with van der Waals surface area (Å²) in [6.45, 7) is 6.84. The molecule has 0 bridgehead atoms. The minimum atomic E-state index is -0.454. The summed E-state index contributed by atoms with van der Waals surface area (Å²) in [5.41, 5.74) is 4.01. The number of rotatable bonds is 4. The second-order valence-corrected chi connectivity index (χ2v) is 9.65. The molecule has 1 aromatic carbocycles. The molecule has 6 rings (SSSR count). The lowest BCUT2D eigenvalue weighted by atomic mass is 9.97. The van der Waals surface area contributed by atoms with Crippen LogP contribution in [0.4, 0.5) is 8.78 Å². The van der Waals surface area contributed by atoms with E-state index < -0.39 is 17.2 Å². The van der Waals surface area contributed by atoms with Crippen LogP contribution in [0.3, 0.4) is 0 Å². The molecule has 4 aromatic heterocycles. The van der Waals surface area contributed by atoms with E-state index in [1.807, 2.05) is 48.9 Å². The van der Waals surface area contributed by atoms with Gasteiger partial charge in [0.15, 0.2) is 11.5 Å². The molecule has 0 aliphatic carbocycles. The van der Waals surface area contributed by atoms with Crippen LogP contribution in [-0.4, -0.2) is 35.1 Å². The Morgan fingerprint density at radius 2 is 1.83 bits per heavy atom. The van der Waals surface area contributed by atoms with Crippen LogP contribution in [0.2, 0.25) is 0 Å². The first kappa shape index (κ1) is 22.5. The van der Waals surface area contributed by atoms with E-state index in [-0.39, 0.29) is 12.3 Å². The quantitative estimate of drug-likeness (QED) is 0.345. The first-order chi connectivity index (χ1) is 17.3. The molecule has 0 fully saturated rings. The van der Waals surface area contributed by atoms with Crippen molar-refractivity contribution >= 4 is 11.0 Å². The Labute approximate surface area is 206 Å². The molecule has 0 amide bonds. The number of nitrogens with zero attached hydrogens (tertiary/aromatic N) is 6. The fourth-order valence-electron chi connectivity index (χ4n) is 4.70. The average Bonchev–Trinajstić information content (AvgIpc) is 3.41. The van der Waals surface area contributed by atoms with Crippen molar-refractivity contribution in [2.75, 3.05) is 0 Å². The molecule has 5 aromatic rings. The highest BCUT2D eigenvalue weighted by molar-refractivity contribution is 5.98. The molecule has 0 spiro atoms. The molecule has 0 N–H and O–H groups in total. The van der Waals surface area contributed by atoms with Gasteiger partial charge >= 0.3 is 0 Å². The summed E-state index contributed by atoms with van der Waals surface area (Å²) in [6.07, 6.45) is 2.78. The highest BCUT2D eigenvalue weighted by Crippen LogP contribution is 2.42. The van der Waals surface area contributed by atoms with Crippen LogP contribution in [0.15, 0.2) is 54.9 Å². The Morgan fingerprint density at radius 1 is 1.03 bits per heavy atom. The van der Waals surface area contributed by atoms with Gasteiger partial charge in [-0.3, -0.25) is 9.67 Å². The Morgan fingerprint density at radius 3 is 2.58 bits per heavy atom. The number of fused-ring (bicyclic) bond motifs is 2. The molecule has 0 saturated heterocycles. The number of ether oxygens (including phenoxy) is 1. The molecule has 9 heteroatoms. The molecule has 0 radical (unpaired) electrons. The van der Waals surface area contributed by atoms with Crippen LogP contribution in [0.5, 0.6) is 0 Å². The van der Waals surface area contributed by atoms with Crippen LogP contribution in [-0.2, 0) is 24.4 Å². The Kier molecular flexibility index (Phi) is 5.19. The van der Waals surface area contributed by atoms with E-state index in [4.69, 9.17) is 9.84 Å². The summed E-state index contributed by atoms with van der Waals surface area (Å²) in [6, 6.07) is 12.8. The zero-order chi connectivity index (χ0) is 25.0. The van der Waals surface area contributed by atoms with Gasteiger partial charge in [-0.05, 0) is 38.5 Å². The van der Waals surface area contributed by atoms with Crippen LogP contribution in [0.1, 0.15) is 30.8 Å². The number of halogens is 2. The maximum absolute atomic E-state index is 16.0. The van der Waals surface area contributed by atoms with E-state index in [9.17, 15) is 4.39 Å². The van der Waals surface area contributed by atoms with Gasteiger partial charge in [0.05, 0.1) is 54.8 Å². The molecule has 7 nitrogen and oxygen atoms in total. The van der Waals surface area contributed by atoms with Crippen LogP contribution in [0.25, 0.3) is 33.5 Å². The topological polar surface area (TPSA) is 70.7 Å². The van der Waals surface area contributed by atoms with Gasteiger partial charge in [-0.1, -0.05) is 30.3 Å². The first-order valence-corrected chi connectivity index (χ1v) is 11.7. The highest BCUT2D eigenvalue weighted by atomic mass is 19.1. The number of benzene rings is 1. The van der Waals surface area contributed by atoms with E-state index in [0.29, 0.717) is 46.6 Å². The smallest absolute Gasteiger partial charge is 0.159 e. The number of aromatic nitrogens is 6. The van der Waals surface area contributed by atoms with Crippen LogP contribution in [0, 0.1) is 18.6 Å². The van der Waals surface area contributed by atoms with Crippen LogP contribution < -0.4 is 0 Å². The third kappa shape index (κ3) is 3.76.